The summed E-state index contributed by atoms with van der Waals surface area (Å²) < 4.78 is 19.7. The molecule has 0 saturated heterocycles. The van der Waals surface area contributed by atoms with Gasteiger partial charge in [0.15, 0.2) is 5.78 Å². The van der Waals surface area contributed by atoms with Crippen LogP contribution in [-0.2, 0) is 16.0 Å². The van der Waals surface area contributed by atoms with Gasteiger partial charge in [0.2, 0.25) is 0 Å². The normalized spacial score (nSPS) is 12.4. The van der Waals surface area contributed by atoms with Crippen LogP contribution in [0.3, 0.4) is 0 Å². The quantitative estimate of drug-likeness (QED) is 0.762. The molecule has 0 radical (unpaired) electrons. The number of ketones is 1. The lowest BCUT2D eigenvalue weighted by atomic mass is 10.0. The standard InChI is InChI=1S/C14H18BrFO2/c1-3-5-14(18-4-2)13(17)8-10-6-7-11(15)9-12(10)16/h6-7,9,14H,3-5,8H2,1-2H3. The molecule has 0 bridgehead atoms. The highest BCUT2D eigenvalue weighted by Gasteiger charge is 2.19. The number of ether oxygens (including phenoxy) is 1. The van der Waals surface area contributed by atoms with Gasteiger partial charge in [0.05, 0.1) is 0 Å². The van der Waals surface area contributed by atoms with E-state index in [9.17, 15) is 9.18 Å². The first-order valence-electron chi connectivity index (χ1n) is 6.16. The number of benzene rings is 1. The Hall–Kier alpha value is -0.740. The molecule has 0 saturated carbocycles. The molecule has 2 nitrogen and oxygen atoms in total. The van der Waals surface area contributed by atoms with Crippen molar-refractivity contribution in [3.05, 3.63) is 34.1 Å². The fraction of sp³-hybridized carbons (Fsp3) is 0.500. The highest BCUT2D eigenvalue weighted by Crippen LogP contribution is 2.17. The minimum Gasteiger partial charge on any atom is -0.371 e. The number of rotatable bonds is 7. The summed E-state index contributed by atoms with van der Waals surface area (Å²) in [6, 6.07) is 4.74. The third-order valence-electron chi connectivity index (χ3n) is 2.66. The third-order valence-corrected chi connectivity index (χ3v) is 3.15. The SMILES string of the molecule is CCCC(OCC)C(=O)Cc1ccc(Br)cc1F. The van der Waals surface area contributed by atoms with Gasteiger partial charge in [0, 0.05) is 17.5 Å². The average molecular weight is 317 g/mol. The van der Waals surface area contributed by atoms with E-state index in [0.29, 0.717) is 23.1 Å². The Kier molecular flexibility index (Phi) is 6.50. The van der Waals surface area contributed by atoms with Crippen LogP contribution in [-0.4, -0.2) is 18.5 Å². The van der Waals surface area contributed by atoms with Crippen LogP contribution in [0.1, 0.15) is 32.3 Å². The Morgan fingerprint density at radius 2 is 2.17 bits per heavy atom. The van der Waals surface area contributed by atoms with E-state index in [1.54, 1.807) is 12.1 Å². The van der Waals surface area contributed by atoms with Crippen LogP contribution < -0.4 is 0 Å². The van der Waals surface area contributed by atoms with E-state index < -0.39 is 6.10 Å². The number of hydrogen-bond donors (Lipinski definition) is 0. The summed E-state index contributed by atoms with van der Waals surface area (Å²) in [4.78, 5) is 12.0. The maximum absolute atomic E-state index is 13.6. The molecule has 0 spiro atoms. The molecule has 0 aliphatic rings. The molecule has 1 aromatic carbocycles. The monoisotopic (exact) mass is 316 g/mol. The van der Waals surface area contributed by atoms with Gasteiger partial charge in [-0.2, -0.15) is 0 Å². The van der Waals surface area contributed by atoms with Crippen LogP contribution >= 0.6 is 15.9 Å². The fourth-order valence-electron chi connectivity index (χ4n) is 1.77. The molecule has 100 valence electrons. The number of hydrogen-bond acceptors (Lipinski definition) is 2. The molecule has 0 aromatic heterocycles. The van der Waals surface area contributed by atoms with E-state index in [4.69, 9.17) is 4.74 Å². The van der Waals surface area contributed by atoms with Gasteiger partial charge in [-0.15, -0.1) is 0 Å². The Labute approximate surface area is 116 Å². The van der Waals surface area contributed by atoms with E-state index in [1.807, 2.05) is 13.8 Å². The molecule has 1 atom stereocenters. The predicted molar refractivity (Wildman–Crippen MR) is 73.1 cm³/mol. The van der Waals surface area contributed by atoms with Crippen LogP contribution in [0.15, 0.2) is 22.7 Å². The van der Waals surface area contributed by atoms with Crippen molar-refractivity contribution < 1.29 is 13.9 Å². The van der Waals surface area contributed by atoms with Gasteiger partial charge in [-0.25, -0.2) is 4.39 Å². The summed E-state index contributed by atoms with van der Waals surface area (Å²) in [7, 11) is 0. The van der Waals surface area contributed by atoms with Crippen LogP contribution in [0.5, 0.6) is 0 Å². The summed E-state index contributed by atoms with van der Waals surface area (Å²) in [6.45, 7) is 4.36. The molecule has 1 aromatic rings. The summed E-state index contributed by atoms with van der Waals surface area (Å²) in [6.07, 6.45) is 1.23. The van der Waals surface area contributed by atoms with Crippen LogP contribution in [0, 0.1) is 5.82 Å². The number of carbonyl (C=O) groups excluding carboxylic acids is 1. The average Bonchev–Trinajstić information content (AvgIpc) is 2.32. The zero-order valence-electron chi connectivity index (χ0n) is 10.7. The van der Waals surface area contributed by atoms with Crippen LogP contribution in [0.25, 0.3) is 0 Å². The molecule has 1 rings (SSSR count). The molecule has 1 unspecified atom stereocenters. The van der Waals surface area contributed by atoms with E-state index in [1.165, 1.54) is 6.07 Å². The van der Waals surface area contributed by atoms with Gasteiger partial charge in [0.1, 0.15) is 11.9 Å². The van der Waals surface area contributed by atoms with Crippen molar-refractivity contribution in [3.63, 3.8) is 0 Å². The van der Waals surface area contributed by atoms with Gasteiger partial charge in [-0.3, -0.25) is 4.79 Å². The molecule has 0 aliphatic carbocycles. The van der Waals surface area contributed by atoms with Gasteiger partial charge in [-0.05, 0) is 31.0 Å². The van der Waals surface area contributed by atoms with Crippen molar-refractivity contribution in [1.82, 2.24) is 0 Å². The van der Waals surface area contributed by atoms with Gasteiger partial charge >= 0.3 is 0 Å². The minimum absolute atomic E-state index is 0.0556. The van der Waals surface area contributed by atoms with Crippen molar-refractivity contribution in [3.8, 4) is 0 Å². The lowest BCUT2D eigenvalue weighted by Gasteiger charge is -2.15. The molecular weight excluding hydrogens is 299 g/mol. The minimum atomic E-state index is -0.414. The summed E-state index contributed by atoms with van der Waals surface area (Å²) >= 11 is 3.19. The maximum atomic E-state index is 13.6. The largest absolute Gasteiger partial charge is 0.371 e. The molecule has 18 heavy (non-hydrogen) atoms. The second kappa shape index (κ2) is 7.64. The predicted octanol–water partition coefficient (Wildman–Crippen LogP) is 3.91. The van der Waals surface area contributed by atoms with E-state index >= 15 is 0 Å². The van der Waals surface area contributed by atoms with Crippen molar-refractivity contribution in [1.29, 1.82) is 0 Å². The number of halogens is 2. The van der Waals surface area contributed by atoms with E-state index in [0.717, 1.165) is 6.42 Å². The van der Waals surface area contributed by atoms with Crippen molar-refractivity contribution >= 4 is 21.7 Å². The molecule has 0 heterocycles. The third kappa shape index (κ3) is 4.50. The first kappa shape index (κ1) is 15.3. The summed E-state index contributed by atoms with van der Waals surface area (Å²) in [5.74, 6) is -0.413. The van der Waals surface area contributed by atoms with Gasteiger partial charge in [-0.1, -0.05) is 35.3 Å². The lowest BCUT2D eigenvalue weighted by Crippen LogP contribution is -2.26. The number of Topliss-reactive ketones (excluding diaryl/α,β-unsaturated/α-hetero) is 1. The van der Waals surface area contributed by atoms with Crippen molar-refractivity contribution in [2.75, 3.05) is 6.61 Å². The van der Waals surface area contributed by atoms with Crippen LogP contribution in [0.2, 0.25) is 0 Å². The Balaban J connectivity index is 2.72. The van der Waals surface area contributed by atoms with Crippen molar-refractivity contribution in [2.45, 2.75) is 39.2 Å². The second-order valence-electron chi connectivity index (χ2n) is 4.11. The molecule has 0 aliphatic heterocycles. The number of carbonyl (C=O) groups is 1. The van der Waals surface area contributed by atoms with Gasteiger partial charge < -0.3 is 4.74 Å². The maximum Gasteiger partial charge on any atom is 0.166 e. The molecule has 0 fully saturated rings. The Morgan fingerprint density at radius 3 is 2.72 bits per heavy atom. The topological polar surface area (TPSA) is 26.3 Å². The zero-order chi connectivity index (χ0) is 13.5. The van der Waals surface area contributed by atoms with E-state index in [2.05, 4.69) is 15.9 Å². The van der Waals surface area contributed by atoms with Crippen molar-refractivity contribution in [2.24, 2.45) is 0 Å². The molecular formula is C14H18BrFO2. The molecule has 0 N–H and O–H groups in total. The molecule has 4 heteroatoms. The molecule has 0 amide bonds. The van der Waals surface area contributed by atoms with E-state index in [-0.39, 0.29) is 18.0 Å². The Morgan fingerprint density at radius 1 is 1.44 bits per heavy atom. The first-order chi connectivity index (χ1) is 8.58. The second-order valence-corrected chi connectivity index (χ2v) is 5.03. The lowest BCUT2D eigenvalue weighted by molar-refractivity contribution is -0.130. The summed E-state index contributed by atoms with van der Waals surface area (Å²) in [5.41, 5.74) is 0.420. The van der Waals surface area contributed by atoms with Crippen LogP contribution in [0.4, 0.5) is 4.39 Å². The first-order valence-corrected chi connectivity index (χ1v) is 6.96. The Bertz CT molecular complexity index is 401. The smallest absolute Gasteiger partial charge is 0.166 e. The fourth-order valence-corrected chi connectivity index (χ4v) is 2.10. The highest BCUT2D eigenvalue weighted by molar-refractivity contribution is 9.10. The highest BCUT2D eigenvalue weighted by atomic mass is 79.9. The summed E-state index contributed by atoms with van der Waals surface area (Å²) in [5, 5.41) is 0. The zero-order valence-corrected chi connectivity index (χ0v) is 12.3. The van der Waals surface area contributed by atoms with Gasteiger partial charge in [0.25, 0.3) is 0 Å².